The molecular weight excluding hydrogens is 232 g/mol. The van der Waals surface area contributed by atoms with Crippen LogP contribution in [0.15, 0.2) is 30.3 Å². The zero-order valence-electron chi connectivity index (χ0n) is 10.9. The second-order valence-corrected chi connectivity index (χ2v) is 5.03. The standard InChI is InChI=1S/C13H20N2O3/c1-13(2,3)18-12(17)15-10(11(14)16)9-7-5-4-6-8-9/h4-8,10-11,16H,14H2,1-3H3,(H,15,17)/t10?,11-/m0/s1. The number of hydrogen-bond acceptors (Lipinski definition) is 4. The van der Waals surface area contributed by atoms with Crippen molar-refractivity contribution < 1.29 is 14.6 Å². The van der Waals surface area contributed by atoms with Gasteiger partial charge in [-0.25, -0.2) is 4.79 Å². The van der Waals surface area contributed by atoms with Crippen molar-refractivity contribution in [1.29, 1.82) is 0 Å². The van der Waals surface area contributed by atoms with E-state index >= 15 is 0 Å². The number of aliphatic hydroxyl groups excluding tert-OH is 1. The van der Waals surface area contributed by atoms with Gasteiger partial charge in [0.05, 0.1) is 6.04 Å². The maximum Gasteiger partial charge on any atom is 0.408 e. The molecule has 2 atom stereocenters. The molecule has 5 nitrogen and oxygen atoms in total. The normalized spacial score (nSPS) is 14.7. The topological polar surface area (TPSA) is 84.6 Å². The van der Waals surface area contributed by atoms with Crippen LogP contribution in [0.4, 0.5) is 4.79 Å². The van der Waals surface area contributed by atoms with Gasteiger partial charge in [0.1, 0.15) is 11.8 Å². The highest BCUT2D eigenvalue weighted by atomic mass is 16.6. The Morgan fingerprint density at radius 3 is 2.33 bits per heavy atom. The smallest absolute Gasteiger partial charge is 0.408 e. The molecule has 0 aliphatic rings. The van der Waals surface area contributed by atoms with E-state index in [1.165, 1.54) is 0 Å². The summed E-state index contributed by atoms with van der Waals surface area (Å²) in [6.07, 6.45) is -1.80. The maximum absolute atomic E-state index is 11.6. The average molecular weight is 252 g/mol. The van der Waals surface area contributed by atoms with E-state index < -0.39 is 24.0 Å². The molecule has 1 aromatic carbocycles. The van der Waals surface area contributed by atoms with Crippen LogP contribution in [0.3, 0.4) is 0 Å². The molecule has 0 heterocycles. The van der Waals surface area contributed by atoms with Gasteiger partial charge in [-0.2, -0.15) is 0 Å². The monoisotopic (exact) mass is 252 g/mol. The van der Waals surface area contributed by atoms with Gasteiger partial charge in [0, 0.05) is 0 Å². The summed E-state index contributed by atoms with van der Waals surface area (Å²) in [5.41, 5.74) is 5.59. The van der Waals surface area contributed by atoms with Crippen LogP contribution in [0.5, 0.6) is 0 Å². The zero-order valence-corrected chi connectivity index (χ0v) is 10.9. The Hall–Kier alpha value is -1.59. The minimum absolute atomic E-state index is 0.592. The van der Waals surface area contributed by atoms with Crippen LogP contribution in [0, 0.1) is 0 Å². The number of ether oxygens (including phenoxy) is 1. The van der Waals surface area contributed by atoms with Gasteiger partial charge in [-0.3, -0.25) is 0 Å². The van der Waals surface area contributed by atoms with Gasteiger partial charge in [-0.1, -0.05) is 30.3 Å². The second kappa shape index (κ2) is 5.84. The van der Waals surface area contributed by atoms with Gasteiger partial charge in [-0.05, 0) is 26.3 Å². The highest BCUT2D eigenvalue weighted by Gasteiger charge is 2.23. The van der Waals surface area contributed by atoms with Gasteiger partial charge in [0.25, 0.3) is 0 Å². The minimum Gasteiger partial charge on any atom is -0.444 e. The first kappa shape index (κ1) is 14.5. The number of alkyl carbamates (subject to hydrolysis) is 1. The van der Waals surface area contributed by atoms with Gasteiger partial charge < -0.3 is 20.9 Å². The van der Waals surface area contributed by atoms with Crippen molar-refractivity contribution in [3.63, 3.8) is 0 Å². The predicted molar refractivity (Wildman–Crippen MR) is 68.7 cm³/mol. The molecule has 0 saturated carbocycles. The van der Waals surface area contributed by atoms with Crippen molar-refractivity contribution in [2.75, 3.05) is 0 Å². The van der Waals surface area contributed by atoms with Crippen LogP contribution in [-0.4, -0.2) is 23.0 Å². The fourth-order valence-corrected chi connectivity index (χ4v) is 1.46. The van der Waals surface area contributed by atoms with Crippen molar-refractivity contribution in [1.82, 2.24) is 5.32 Å². The summed E-state index contributed by atoms with van der Waals surface area (Å²) in [6.45, 7) is 5.30. The van der Waals surface area contributed by atoms with Gasteiger partial charge in [0.15, 0.2) is 0 Å². The summed E-state index contributed by atoms with van der Waals surface area (Å²) in [4.78, 5) is 11.6. The maximum atomic E-state index is 11.6. The summed E-state index contributed by atoms with van der Waals surface area (Å²) in [5, 5.41) is 12.1. The summed E-state index contributed by atoms with van der Waals surface area (Å²) in [7, 11) is 0. The lowest BCUT2D eigenvalue weighted by atomic mass is 10.1. The highest BCUT2D eigenvalue weighted by Crippen LogP contribution is 2.15. The van der Waals surface area contributed by atoms with Crippen LogP contribution in [0.1, 0.15) is 32.4 Å². The number of amides is 1. The highest BCUT2D eigenvalue weighted by molar-refractivity contribution is 5.68. The van der Waals surface area contributed by atoms with Crippen LogP contribution in [-0.2, 0) is 4.74 Å². The van der Waals surface area contributed by atoms with Crippen molar-refractivity contribution in [2.24, 2.45) is 5.73 Å². The molecule has 0 aliphatic heterocycles. The fourth-order valence-electron chi connectivity index (χ4n) is 1.46. The largest absolute Gasteiger partial charge is 0.444 e. The van der Waals surface area contributed by atoms with E-state index in [1.54, 1.807) is 32.9 Å². The molecule has 0 saturated heterocycles. The molecule has 0 bridgehead atoms. The van der Waals surface area contributed by atoms with Crippen molar-refractivity contribution >= 4 is 6.09 Å². The van der Waals surface area contributed by atoms with Crippen LogP contribution < -0.4 is 11.1 Å². The lowest BCUT2D eigenvalue weighted by molar-refractivity contribution is 0.0426. The zero-order chi connectivity index (χ0) is 13.8. The molecule has 0 radical (unpaired) electrons. The Morgan fingerprint density at radius 2 is 1.89 bits per heavy atom. The van der Waals surface area contributed by atoms with Crippen molar-refractivity contribution in [2.45, 2.75) is 38.6 Å². The lowest BCUT2D eigenvalue weighted by Gasteiger charge is -2.25. The molecule has 0 spiro atoms. The molecule has 1 aromatic rings. The molecule has 1 amide bonds. The first-order valence-electron chi connectivity index (χ1n) is 5.78. The summed E-state index contributed by atoms with van der Waals surface area (Å²) < 4.78 is 5.12. The lowest BCUT2D eigenvalue weighted by Crippen LogP contribution is -2.42. The summed E-state index contributed by atoms with van der Waals surface area (Å²) >= 11 is 0. The van der Waals surface area contributed by atoms with Crippen LogP contribution in [0.2, 0.25) is 0 Å². The molecule has 4 N–H and O–H groups in total. The average Bonchev–Trinajstić information content (AvgIpc) is 2.24. The predicted octanol–water partition coefficient (Wildman–Crippen LogP) is 1.53. The number of rotatable bonds is 3. The number of carbonyl (C=O) groups is 1. The second-order valence-electron chi connectivity index (χ2n) is 5.03. The Kier molecular flexibility index (Phi) is 4.69. The molecule has 0 aliphatic carbocycles. The van der Waals surface area contributed by atoms with E-state index in [0.29, 0.717) is 0 Å². The van der Waals surface area contributed by atoms with E-state index in [0.717, 1.165) is 5.56 Å². The molecule has 0 fully saturated rings. The Balaban J connectivity index is 2.74. The number of benzene rings is 1. The number of nitrogens with two attached hydrogens (primary N) is 1. The molecule has 0 aromatic heterocycles. The Labute approximate surface area is 107 Å². The van der Waals surface area contributed by atoms with Gasteiger partial charge in [-0.15, -0.1) is 0 Å². The van der Waals surface area contributed by atoms with Gasteiger partial charge in [0.2, 0.25) is 0 Å². The van der Waals surface area contributed by atoms with E-state index in [1.807, 2.05) is 18.2 Å². The third kappa shape index (κ3) is 4.73. The quantitative estimate of drug-likeness (QED) is 0.712. The first-order chi connectivity index (χ1) is 8.29. The molecule has 18 heavy (non-hydrogen) atoms. The van der Waals surface area contributed by atoms with E-state index in [4.69, 9.17) is 10.5 Å². The Morgan fingerprint density at radius 1 is 1.33 bits per heavy atom. The minimum atomic E-state index is -1.19. The van der Waals surface area contributed by atoms with Crippen molar-refractivity contribution in [3.8, 4) is 0 Å². The third-order valence-electron chi connectivity index (χ3n) is 2.17. The number of aliphatic hydroxyl groups is 1. The van der Waals surface area contributed by atoms with Crippen molar-refractivity contribution in [3.05, 3.63) is 35.9 Å². The third-order valence-corrected chi connectivity index (χ3v) is 2.17. The SMILES string of the molecule is CC(C)(C)OC(=O)NC(c1ccccc1)[C@@H](N)O. The van der Waals surface area contributed by atoms with E-state index in [2.05, 4.69) is 5.32 Å². The first-order valence-corrected chi connectivity index (χ1v) is 5.78. The van der Waals surface area contributed by atoms with Crippen LogP contribution >= 0.6 is 0 Å². The van der Waals surface area contributed by atoms with Gasteiger partial charge >= 0.3 is 6.09 Å². The molecule has 1 unspecified atom stereocenters. The van der Waals surface area contributed by atoms with Crippen LogP contribution in [0.25, 0.3) is 0 Å². The number of nitrogens with one attached hydrogen (secondary N) is 1. The number of carbonyl (C=O) groups excluding carboxylic acids is 1. The molecule has 100 valence electrons. The Bertz CT molecular complexity index is 385. The van der Waals surface area contributed by atoms with E-state index in [9.17, 15) is 9.90 Å². The molecule has 5 heteroatoms. The molecule has 1 rings (SSSR count). The molecular formula is C13H20N2O3. The number of hydrogen-bond donors (Lipinski definition) is 3. The summed E-state index contributed by atoms with van der Waals surface area (Å²) in [5.74, 6) is 0. The summed E-state index contributed by atoms with van der Waals surface area (Å²) in [6, 6.07) is 8.32. The fraction of sp³-hybridized carbons (Fsp3) is 0.462. The van der Waals surface area contributed by atoms with E-state index in [-0.39, 0.29) is 0 Å².